The van der Waals surface area contributed by atoms with E-state index >= 15 is 0 Å². The Morgan fingerprint density at radius 3 is 2.53 bits per heavy atom. The first kappa shape index (κ1) is 21.6. The van der Waals surface area contributed by atoms with E-state index in [2.05, 4.69) is 4.98 Å². The third-order valence-electron chi connectivity index (χ3n) is 5.82. The molecule has 0 spiro atoms. The maximum absolute atomic E-state index is 13.1. The number of likely N-dealkylation sites (tertiary alicyclic amines) is 1. The van der Waals surface area contributed by atoms with Crippen LogP contribution < -0.4 is 4.74 Å². The fourth-order valence-corrected chi connectivity index (χ4v) is 4.21. The largest absolute Gasteiger partial charge is 0.507 e. The van der Waals surface area contributed by atoms with Crippen LogP contribution in [-0.2, 0) is 9.59 Å². The van der Waals surface area contributed by atoms with Crippen molar-refractivity contribution in [2.24, 2.45) is 0 Å². The van der Waals surface area contributed by atoms with Gasteiger partial charge in [-0.05, 0) is 50.8 Å². The summed E-state index contributed by atoms with van der Waals surface area (Å²) in [6.07, 6.45) is 2.38. The second-order valence-electron chi connectivity index (χ2n) is 8.17. The number of fused-ring (bicyclic) bond motifs is 1. The molecule has 0 unspecified atom stereocenters. The summed E-state index contributed by atoms with van der Waals surface area (Å²) >= 11 is 0. The van der Waals surface area contributed by atoms with Crippen molar-refractivity contribution in [3.8, 4) is 5.75 Å². The standard InChI is InChI=1S/C25H27N3O4/c1-27(2)13-6-14-28-22(16-9-11-17(32-3)12-10-16)21(24(30)25(28)31)23(29)19-15-26-20-8-5-4-7-18(19)20/h4-5,7-12,15,22,26,29H,6,13-14H2,1-3H3/b23-21+/t22-/m1/s1. The van der Waals surface area contributed by atoms with E-state index in [1.165, 1.54) is 0 Å². The normalized spacial score (nSPS) is 18.1. The van der Waals surface area contributed by atoms with Gasteiger partial charge in [-0.1, -0.05) is 30.3 Å². The summed E-state index contributed by atoms with van der Waals surface area (Å²) in [5.41, 5.74) is 2.20. The van der Waals surface area contributed by atoms with E-state index in [1.807, 2.05) is 55.4 Å². The van der Waals surface area contributed by atoms with Crippen LogP contribution in [0.4, 0.5) is 0 Å². The summed E-state index contributed by atoms with van der Waals surface area (Å²) < 4.78 is 5.26. The monoisotopic (exact) mass is 433 g/mol. The molecule has 0 radical (unpaired) electrons. The number of hydrogen-bond acceptors (Lipinski definition) is 5. The molecule has 1 amide bonds. The highest BCUT2D eigenvalue weighted by atomic mass is 16.5. The SMILES string of the molecule is COc1ccc([C@@H]2/C(=C(\O)c3c[nH]c4ccccc34)C(=O)C(=O)N2CCCN(C)C)cc1. The van der Waals surface area contributed by atoms with Gasteiger partial charge in [-0.15, -0.1) is 0 Å². The Bertz CT molecular complexity index is 1180. The number of amides is 1. The van der Waals surface area contributed by atoms with Crippen molar-refractivity contribution in [2.75, 3.05) is 34.3 Å². The molecule has 2 N–H and O–H groups in total. The van der Waals surface area contributed by atoms with E-state index in [9.17, 15) is 14.7 Å². The molecule has 1 fully saturated rings. The number of aromatic nitrogens is 1. The fraction of sp³-hybridized carbons (Fsp3) is 0.280. The Hall–Kier alpha value is -3.58. The summed E-state index contributed by atoms with van der Waals surface area (Å²) in [6, 6.07) is 14.1. The number of hydrogen-bond donors (Lipinski definition) is 2. The van der Waals surface area contributed by atoms with Gasteiger partial charge in [-0.25, -0.2) is 0 Å². The van der Waals surface area contributed by atoms with Crippen LogP contribution in [0.2, 0.25) is 0 Å². The average Bonchev–Trinajstić information content (AvgIpc) is 3.33. The van der Waals surface area contributed by atoms with Gasteiger partial charge in [0.05, 0.1) is 18.7 Å². The van der Waals surface area contributed by atoms with E-state index in [1.54, 1.807) is 30.3 Å². The van der Waals surface area contributed by atoms with Crippen molar-refractivity contribution < 1.29 is 19.4 Å². The molecule has 1 aromatic heterocycles. The Morgan fingerprint density at radius 2 is 1.84 bits per heavy atom. The number of aliphatic hydroxyl groups excluding tert-OH is 1. The lowest BCUT2D eigenvalue weighted by atomic mass is 9.95. The molecule has 32 heavy (non-hydrogen) atoms. The molecule has 0 saturated carbocycles. The fourth-order valence-electron chi connectivity index (χ4n) is 4.21. The third-order valence-corrected chi connectivity index (χ3v) is 5.82. The second kappa shape index (κ2) is 8.88. The molecule has 4 rings (SSSR count). The number of rotatable bonds is 7. The van der Waals surface area contributed by atoms with E-state index in [0.29, 0.717) is 24.3 Å². The number of benzene rings is 2. The molecule has 0 bridgehead atoms. The number of Topliss-reactive ketones (excluding diaryl/α,β-unsaturated/α-hetero) is 1. The van der Waals surface area contributed by atoms with E-state index in [0.717, 1.165) is 23.0 Å². The maximum atomic E-state index is 13.1. The van der Waals surface area contributed by atoms with Gasteiger partial charge in [0.2, 0.25) is 0 Å². The minimum atomic E-state index is -0.670. The zero-order chi connectivity index (χ0) is 22.8. The molecule has 2 aromatic carbocycles. The van der Waals surface area contributed by atoms with Crippen molar-refractivity contribution in [3.05, 3.63) is 71.4 Å². The minimum Gasteiger partial charge on any atom is -0.507 e. The van der Waals surface area contributed by atoms with E-state index < -0.39 is 17.7 Å². The van der Waals surface area contributed by atoms with Crippen LogP contribution in [-0.4, -0.2) is 65.9 Å². The van der Waals surface area contributed by atoms with Crippen LogP contribution in [0, 0.1) is 0 Å². The number of carbonyl (C=O) groups is 2. The highest BCUT2D eigenvalue weighted by Gasteiger charge is 2.46. The van der Waals surface area contributed by atoms with Crippen LogP contribution >= 0.6 is 0 Å². The zero-order valence-corrected chi connectivity index (χ0v) is 18.5. The van der Waals surface area contributed by atoms with E-state index in [4.69, 9.17) is 4.74 Å². The lowest BCUT2D eigenvalue weighted by molar-refractivity contribution is -0.139. The molecule has 7 nitrogen and oxygen atoms in total. The van der Waals surface area contributed by atoms with Gasteiger partial charge >= 0.3 is 0 Å². The van der Waals surface area contributed by atoms with Gasteiger partial charge in [0.1, 0.15) is 11.5 Å². The number of aliphatic hydroxyl groups is 1. The molecule has 1 atom stereocenters. The Balaban J connectivity index is 1.83. The number of carbonyl (C=O) groups excluding carboxylic acids is 2. The highest BCUT2D eigenvalue weighted by Crippen LogP contribution is 2.40. The lowest BCUT2D eigenvalue weighted by Gasteiger charge is -2.26. The van der Waals surface area contributed by atoms with Crippen LogP contribution in [0.15, 0.2) is 60.3 Å². The summed E-state index contributed by atoms with van der Waals surface area (Å²) in [7, 11) is 5.51. The number of methoxy groups -OCH3 is 1. The van der Waals surface area contributed by atoms with Gasteiger partial charge in [-0.2, -0.15) is 0 Å². The molecular formula is C25H27N3O4. The summed E-state index contributed by atoms with van der Waals surface area (Å²) in [5, 5.41) is 12.1. The first-order chi connectivity index (χ1) is 15.4. The Labute approximate surface area is 186 Å². The summed E-state index contributed by atoms with van der Waals surface area (Å²) in [4.78, 5) is 32.9. The van der Waals surface area contributed by atoms with Crippen molar-refractivity contribution in [1.82, 2.24) is 14.8 Å². The maximum Gasteiger partial charge on any atom is 0.295 e. The first-order valence-corrected chi connectivity index (χ1v) is 10.6. The average molecular weight is 434 g/mol. The molecule has 7 heteroatoms. The number of nitrogens with zero attached hydrogens (tertiary/aromatic N) is 2. The first-order valence-electron chi connectivity index (χ1n) is 10.6. The van der Waals surface area contributed by atoms with Crippen molar-refractivity contribution in [2.45, 2.75) is 12.5 Å². The molecule has 0 aliphatic carbocycles. The number of ketones is 1. The predicted molar refractivity (Wildman–Crippen MR) is 123 cm³/mol. The molecule has 3 aromatic rings. The third kappa shape index (κ3) is 3.87. The molecule has 1 aliphatic heterocycles. The number of ether oxygens (including phenoxy) is 1. The molecule has 1 aliphatic rings. The van der Waals surface area contributed by atoms with Gasteiger partial charge in [0.15, 0.2) is 0 Å². The topological polar surface area (TPSA) is 85.9 Å². The highest BCUT2D eigenvalue weighted by molar-refractivity contribution is 6.46. The zero-order valence-electron chi connectivity index (χ0n) is 18.5. The predicted octanol–water partition coefficient (Wildman–Crippen LogP) is 3.55. The Morgan fingerprint density at radius 1 is 1.12 bits per heavy atom. The Kier molecular flexibility index (Phi) is 6.01. The quantitative estimate of drug-likeness (QED) is 0.338. The van der Waals surface area contributed by atoms with Crippen molar-refractivity contribution in [1.29, 1.82) is 0 Å². The van der Waals surface area contributed by atoms with Gasteiger partial charge in [0.25, 0.3) is 11.7 Å². The van der Waals surface area contributed by atoms with Crippen molar-refractivity contribution in [3.63, 3.8) is 0 Å². The van der Waals surface area contributed by atoms with Gasteiger partial charge in [0, 0.05) is 29.2 Å². The smallest absolute Gasteiger partial charge is 0.295 e. The number of nitrogens with one attached hydrogen (secondary N) is 1. The van der Waals surface area contributed by atoms with E-state index in [-0.39, 0.29) is 11.3 Å². The molecule has 2 heterocycles. The summed E-state index contributed by atoms with van der Waals surface area (Å²) in [6.45, 7) is 1.19. The molecule has 166 valence electrons. The van der Waals surface area contributed by atoms with Crippen molar-refractivity contribution >= 4 is 28.4 Å². The number of H-pyrrole nitrogens is 1. The minimum absolute atomic E-state index is 0.106. The van der Waals surface area contributed by atoms with Crippen LogP contribution in [0.5, 0.6) is 5.75 Å². The molecular weight excluding hydrogens is 406 g/mol. The number of para-hydroxylation sites is 1. The number of aromatic amines is 1. The van der Waals surface area contributed by atoms with Crippen LogP contribution in [0.25, 0.3) is 16.7 Å². The lowest BCUT2D eigenvalue weighted by Crippen LogP contribution is -2.32. The summed E-state index contributed by atoms with van der Waals surface area (Å²) in [5.74, 6) is -0.754. The van der Waals surface area contributed by atoms with Crippen LogP contribution in [0.1, 0.15) is 23.6 Å². The molecule has 1 saturated heterocycles. The second-order valence-corrected chi connectivity index (χ2v) is 8.17. The van der Waals surface area contributed by atoms with Gasteiger partial charge < -0.3 is 24.6 Å². The van der Waals surface area contributed by atoms with Gasteiger partial charge in [-0.3, -0.25) is 9.59 Å². The van der Waals surface area contributed by atoms with Crippen LogP contribution in [0.3, 0.4) is 0 Å².